The van der Waals surface area contributed by atoms with Crippen molar-refractivity contribution in [2.45, 2.75) is 66.1 Å². The topological polar surface area (TPSA) is 18.5 Å². The molecule has 0 heterocycles. The Bertz CT molecular complexity index is 309. The maximum absolute atomic E-state index is 5.90. The summed E-state index contributed by atoms with van der Waals surface area (Å²) in [6, 6.07) is 10.4. The van der Waals surface area contributed by atoms with E-state index in [9.17, 15) is 0 Å². The van der Waals surface area contributed by atoms with Gasteiger partial charge >= 0.3 is 0 Å². The highest BCUT2D eigenvalue weighted by molar-refractivity contribution is 5.13. The number of ether oxygens (including phenoxy) is 2. The molecule has 0 aromatic heterocycles. The molecule has 2 atom stereocenters. The molecule has 1 aromatic rings. The minimum atomic E-state index is 0.496. The zero-order valence-electron chi connectivity index (χ0n) is 14.6. The van der Waals surface area contributed by atoms with Crippen molar-refractivity contribution >= 4 is 0 Å². The predicted octanol–water partition coefficient (Wildman–Crippen LogP) is 5.46. The van der Waals surface area contributed by atoms with Crippen molar-refractivity contribution in [2.24, 2.45) is 5.92 Å². The number of benzene rings is 1. The lowest BCUT2D eigenvalue weighted by molar-refractivity contribution is 0.0207. The van der Waals surface area contributed by atoms with Gasteiger partial charge in [0, 0.05) is 13.7 Å². The molecule has 1 fully saturated rings. The second-order valence-electron chi connectivity index (χ2n) is 5.24. The average molecular weight is 294 g/mol. The van der Waals surface area contributed by atoms with Crippen LogP contribution in [0.2, 0.25) is 0 Å². The number of hydrogen-bond donors (Lipinski definition) is 0. The second kappa shape index (κ2) is 14.1. The Hall–Kier alpha value is -0.860. The highest BCUT2D eigenvalue weighted by Crippen LogP contribution is 2.28. The maximum Gasteiger partial charge on any atom is 0.0720 e. The van der Waals surface area contributed by atoms with Gasteiger partial charge < -0.3 is 9.47 Å². The van der Waals surface area contributed by atoms with Crippen LogP contribution in [0.5, 0.6) is 0 Å². The van der Waals surface area contributed by atoms with Gasteiger partial charge in [-0.25, -0.2) is 0 Å². The van der Waals surface area contributed by atoms with E-state index in [-0.39, 0.29) is 0 Å². The first-order valence-corrected chi connectivity index (χ1v) is 8.42. The van der Waals surface area contributed by atoms with Gasteiger partial charge in [-0.3, -0.25) is 0 Å². The molecule has 0 aliphatic heterocycles. The standard InChI is InChI=1S/C13H18O.C4H10O.C2H6/c1-11-6-5-9-13(11)14-10-12-7-3-2-4-8-12;1-3-4-5-2;1-2/h2-4,7-8,11,13H,5-6,9-10H2,1H3;3-4H2,1-2H3;1-2H3/t11-,13-;;/m1../s1. The minimum absolute atomic E-state index is 0.496. The number of rotatable bonds is 5. The van der Waals surface area contributed by atoms with Crippen LogP contribution in [0.4, 0.5) is 0 Å². The van der Waals surface area contributed by atoms with Crippen LogP contribution < -0.4 is 0 Å². The lowest BCUT2D eigenvalue weighted by Gasteiger charge is -2.16. The molecule has 0 unspecified atom stereocenters. The fourth-order valence-corrected chi connectivity index (χ4v) is 2.34. The minimum Gasteiger partial charge on any atom is -0.385 e. The molecular formula is C19H34O2. The van der Waals surface area contributed by atoms with Crippen LogP contribution in [-0.4, -0.2) is 19.8 Å². The van der Waals surface area contributed by atoms with Gasteiger partial charge in [-0.15, -0.1) is 0 Å². The van der Waals surface area contributed by atoms with Crippen molar-refractivity contribution in [3.8, 4) is 0 Å². The Kier molecular flexibility index (Phi) is 13.5. The first-order valence-electron chi connectivity index (χ1n) is 8.42. The van der Waals surface area contributed by atoms with Crippen molar-refractivity contribution in [2.75, 3.05) is 13.7 Å². The van der Waals surface area contributed by atoms with E-state index in [1.165, 1.54) is 24.8 Å². The SMILES string of the molecule is CC.CCCOC.C[C@@H]1CCC[C@H]1OCc1ccccc1. The smallest absolute Gasteiger partial charge is 0.0720 e. The Morgan fingerprint density at radius 3 is 2.19 bits per heavy atom. The highest BCUT2D eigenvalue weighted by atomic mass is 16.5. The van der Waals surface area contributed by atoms with E-state index in [0.29, 0.717) is 6.10 Å². The highest BCUT2D eigenvalue weighted by Gasteiger charge is 2.23. The summed E-state index contributed by atoms with van der Waals surface area (Å²) in [7, 11) is 1.71. The largest absolute Gasteiger partial charge is 0.385 e. The van der Waals surface area contributed by atoms with Crippen LogP contribution >= 0.6 is 0 Å². The first kappa shape index (κ1) is 20.1. The van der Waals surface area contributed by atoms with Crippen molar-refractivity contribution in [1.82, 2.24) is 0 Å². The van der Waals surface area contributed by atoms with Crippen LogP contribution in [0.3, 0.4) is 0 Å². The number of methoxy groups -OCH3 is 1. The van der Waals surface area contributed by atoms with E-state index in [4.69, 9.17) is 9.47 Å². The van der Waals surface area contributed by atoms with E-state index in [1.807, 2.05) is 19.9 Å². The zero-order valence-corrected chi connectivity index (χ0v) is 14.6. The maximum atomic E-state index is 5.90. The first-order chi connectivity index (χ1) is 10.3. The molecule has 0 bridgehead atoms. The van der Waals surface area contributed by atoms with Crippen LogP contribution in [0.15, 0.2) is 30.3 Å². The van der Waals surface area contributed by atoms with Gasteiger partial charge in [0.15, 0.2) is 0 Å². The Morgan fingerprint density at radius 2 is 1.76 bits per heavy atom. The molecule has 1 aromatic carbocycles. The molecule has 2 rings (SSSR count). The van der Waals surface area contributed by atoms with Gasteiger partial charge in [0.2, 0.25) is 0 Å². The van der Waals surface area contributed by atoms with Crippen molar-refractivity contribution < 1.29 is 9.47 Å². The van der Waals surface area contributed by atoms with Gasteiger partial charge in [-0.2, -0.15) is 0 Å². The number of hydrogen-bond acceptors (Lipinski definition) is 2. The van der Waals surface area contributed by atoms with Crippen molar-refractivity contribution in [3.05, 3.63) is 35.9 Å². The van der Waals surface area contributed by atoms with E-state index < -0.39 is 0 Å². The van der Waals surface area contributed by atoms with Gasteiger partial charge in [0.05, 0.1) is 12.7 Å². The van der Waals surface area contributed by atoms with Crippen molar-refractivity contribution in [1.29, 1.82) is 0 Å². The average Bonchev–Trinajstić information content (AvgIpc) is 2.95. The van der Waals surface area contributed by atoms with Crippen LogP contribution in [-0.2, 0) is 16.1 Å². The molecule has 0 saturated heterocycles. The van der Waals surface area contributed by atoms with E-state index >= 15 is 0 Å². The third kappa shape index (κ3) is 9.65. The Labute approximate surface area is 131 Å². The fraction of sp³-hybridized carbons (Fsp3) is 0.684. The summed E-state index contributed by atoms with van der Waals surface area (Å²) in [5, 5.41) is 0. The molecule has 1 aliphatic rings. The summed E-state index contributed by atoms with van der Waals surface area (Å²) in [5.74, 6) is 0.749. The summed E-state index contributed by atoms with van der Waals surface area (Å²) in [6.45, 7) is 10.0. The quantitative estimate of drug-likeness (QED) is 0.718. The third-order valence-corrected chi connectivity index (χ3v) is 3.50. The molecule has 1 aliphatic carbocycles. The van der Waals surface area contributed by atoms with Crippen LogP contribution in [0.25, 0.3) is 0 Å². The van der Waals surface area contributed by atoms with Crippen LogP contribution in [0.1, 0.15) is 58.9 Å². The molecular weight excluding hydrogens is 260 g/mol. The summed E-state index contributed by atoms with van der Waals surface area (Å²) >= 11 is 0. The van der Waals surface area contributed by atoms with Crippen molar-refractivity contribution in [3.63, 3.8) is 0 Å². The van der Waals surface area contributed by atoms with Crippen LogP contribution in [0, 0.1) is 5.92 Å². The Morgan fingerprint density at radius 1 is 1.10 bits per heavy atom. The van der Waals surface area contributed by atoms with E-state index in [0.717, 1.165) is 25.6 Å². The van der Waals surface area contributed by atoms with Gasteiger partial charge in [-0.05, 0) is 30.7 Å². The van der Waals surface area contributed by atoms with E-state index in [1.54, 1.807) is 7.11 Å². The Balaban J connectivity index is 0.000000489. The van der Waals surface area contributed by atoms with E-state index in [2.05, 4.69) is 38.1 Å². The molecule has 0 N–H and O–H groups in total. The molecule has 0 radical (unpaired) electrons. The van der Waals surface area contributed by atoms with Gasteiger partial charge in [0.1, 0.15) is 0 Å². The normalized spacial score (nSPS) is 20.0. The summed E-state index contributed by atoms with van der Waals surface area (Å²) in [6.07, 6.45) is 5.53. The molecule has 0 spiro atoms. The third-order valence-electron chi connectivity index (χ3n) is 3.50. The predicted molar refractivity (Wildman–Crippen MR) is 91.5 cm³/mol. The van der Waals surface area contributed by atoms with Gasteiger partial charge in [0.25, 0.3) is 0 Å². The molecule has 122 valence electrons. The lowest BCUT2D eigenvalue weighted by atomic mass is 10.1. The second-order valence-corrected chi connectivity index (χ2v) is 5.24. The van der Waals surface area contributed by atoms with Gasteiger partial charge in [-0.1, -0.05) is 64.4 Å². The molecule has 2 heteroatoms. The summed E-state index contributed by atoms with van der Waals surface area (Å²) < 4.78 is 10.6. The molecule has 2 nitrogen and oxygen atoms in total. The lowest BCUT2D eigenvalue weighted by Crippen LogP contribution is -2.15. The fourth-order valence-electron chi connectivity index (χ4n) is 2.34. The zero-order chi connectivity index (χ0) is 15.9. The summed E-state index contributed by atoms with van der Waals surface area (Å²) in [4.78, 5) is 0. The molecule has 1 saturated carbocycles. The monoisotopic (exact) mass is 294 g/mol. The summed E-state index contributed by atoms with van der Waals surface area (Å²) in [5.41, 5.74) is 1.28. The molecule has 21 heavy (non-hydrogen) atoms. The molecule has 0 amide bonds.